The summed E-state index contributed by atoms with van der Waals surface area (Å²) >= 11 is 0. The lowest BCUT2D eigenvalue weighted by Gasteiger charge is -2.45. The first-order valence-electron chi connectivity index (χ1n) is 16.0. The van der Waals surface area contributed by atoms with Crippen molar-refractivity contribution in [3.8, 4) is 0 Å². The van der Waals surface area contributed by atoms with Gasteiger partial charge in [-0.2, -0.15) is 0 Å². The molecule has 41 heavy (non-hydrogen) atoms. The van der Waals surface area contributed by atoms with Gasteiger partial charge in [-0.05, 0) is 93.9 Å². The molecule has 0 bridgehead atoms. The molecule has 10 heteroatoms. The van der Waals surface area contributed by atoms with E-state index in [1.54, 1.807) is 0 Å². The van der Waals surface area contributed by atoms with Gasteiger partial charge in [0.15, 0.2) is 0 Å². The molecule has 3 aliphatic rings. The van der Waals surface area contributed by atoms with Crippen LogP contribution < -0.4 is 11.1 Å². The first-order chi connectivity index (χ1) is 19.7. The Bertz CT molecular complexity index is 785. The number of ether oxygens (including phenoxy) is 3. The Labute approximate surface area is 246 Å². The summed E-state index contributed by atoms with van der Waals surface area (Å²) in [6.07, 6.45) is 9.15. The molecule has 1 aliphatic heterocycles. The number of aliphatic hydroxyl groups is 3. The Morgan fingerprint density at radius 3 is 2.41 bits per heavy atom. The topological polar surface area (TPSA) is 161 Å². The van der Waals surface area contributed by atoms with Crippen LogP contribution in [0.2, 0.25) is 0 Å². The largest absolute Gasteiger partial charge is 0.462 e. The van der Waals surface area contributed by atoms with E-state index in [1.165, 1.54) is 13.8 Å². The summed E-state index contributed by atoms with van der Waals surface area (Å²) in [5, 5.41) is 33.5. The maximum absolute atomic E-state index is 12.2. The number of nitrogens with two attached hydrogens (primary N) is 1. The molecule has 10 unspecified atom stereocenters. The average molecular weight is 585 g/mol. The number of carbonyl (C=O) groups excluding carboxylic acids is 2. The van der Waals surface area contributed by atoms with Gasteiger partial charge in [0.05, 0.1) is 31.6 Å². The molecule has 6 N–H and O–H groups in total. The van der Waals surface area contributed by atoms with Gasteiger partial charge in [0, 0.05) is 26.9 Å². The molecule has 2 saturated carbocycles. The Balaban J connectivity index is 1.74. The first-order valence-corrected chi connectivity index (χ1v) is 16.0. The van der Waals surface area contributed by atoms with Crippen molar-refractivity contribution >= 4 is 11.9 Å². The number of aliphatic hydroxyl groups excluding tert-OH is 3. The summed E-state index contributed by atoms with van der Waals surface area (Å²) in [6.45, 7) is 3.92. The Hall–Kier alpha value is -1.30. The van der Waals surface area contributed by atoms with Gasteiger partial charge in [0.1, 0.15) is 12.2 Å². The molecule has 0 amide bonds. The van der Waals surface area contributed by atoms with Crippen LogP contribution in [-0.2, 0) is 23.8 Å². The molecule has 3 fully saturated rings. The summed E-state index contributed by atoms with van der Waals surface area (Å²) in [5.41, 5.74) is 6.25. The number of nitrogens with one attached hydrogen (secondary N) is 1. The van der Waals surface area contributed by atoms with Crippen LogP contribution in [0.1, 0.15) is 97.3 Å². The predicted molar refractivity (Wildman–Crippen MR) is 154 cm³/mol. The fourth-order valence-electron chi connectivity index (χ4n) is 7.77. The molecule has 10 atom stereocenters. The lowest BCUT2D eigenvalue weighted by molar-refractivity contribution is -0.157. The van der Waals surface area contributed by atoms with Crippen LogP contribution >= 0.6 is 0 Å². The fraction of sp³-hybridized carbons (Fsp3) is 0.935. The summed E-state index contributed by atoms with van der Waals surface area (Å²) in [4.78, 5) is 24.3. The average Bonchev–Trinajstić information content (AvgIpc) is 2.90. The van der Waals surface area contributed by atoms with Crippen molar-refractivity contribution in [1.29, 1.82) is 0 Å². The van der Waals surface area contributed by atoms with Gasteiger partial charge in [-0.15, -0.1) is 0 Å². The Morgan fingerprint density at radius 2 is 1.73 bits per heavy atom. The van der Waals surface area contributed by atoms with Gasteiger partial charge in [0.2, 0.25) is 0 Å². The highest BCUT2D eigenvalue weighted by Gasteiger charge is 2.42. The van der Waals surface area contributed by atoms with Gasteiger partial charge < -0.3 is 40.6 Å². The van der Waals surface area contributed by atoms with Crippen molar-refractivity contribution < 1.29 is 39.1 Å². The molecular formula is C31H56N2O8. The minimum absolute atomic E-state index is 0.0558. The number of rotatable bonds is 13. The van der Waals surface area contributed by atoms with Gasteiger partial charge in [0.25, 0.3) is 0 Å². The standard InChI is InChI=1S/C31H56N2O8/c1-20(36)40-26(17-29(41-21(2)37)25-7-5-3-4-6-22(14-25)19-35)9-8-23-15-30(39-13-12-34)28(38)18-27(23)24-10-11-33-31(32)16-24/h22-31,33-35,38H,3-19,32H2,1-2H3. The molecule has 0 radical (unpaired) electrons. The van der Waals surface area contributed by atoms with E-state index in [4.69, 9.17) is 19.9 Å². The van der Waals surface area contributed by atoms with Crippen molar-refractivity contribution in [2.24, 2.45) is 35.3 Å². The molecule has 0 aromatic heterocycles. The SMILES string of the molecule is CC(=O)OC(CCC1CC(OCCO)C(O)CC1C1CCNC(N)C1)CC(OC(C)=O)C1CCCCCC(CO)C1. The third-order valence-electron chi connectivity index (χ3n) is 9.70. The van der Waals surface area contributed by atoms with E-state index in [9.17, 15) is 24.9 Å². The summed E-state index contributed by atoms with van der Waals surface area (Å²) < 4.78 is 17.6. The van der Waals surface area contributed by atoms with Crippen molar-refractivity contribution in [1.82, 2.24) is 5.32 Å². The third kappa shape index (κ3) is 11.4. The Kier molecular flexibility index (Phi) is 14.8. The molecule has 0 spiro atoms. The zero-order chi connectivity index (χ0) is 29.8. The van der Waals surface area contributed by atoms with Gasteiger partial charge in [-0.3, -0.25) is 9.59 Å². The van der Waals surface area contributed by atoms with E-state index in [0.717, 1.165) is 64.3 Å². The van der Waals surface area contributed by atoms with Crippen molar-refractivity contribution in [2.45, 2.75) is 128 Å². The van der Waals surface area contributed by atoms with E-state index in [1.807, 2.05) is 0 Å². The summed E-state index contributed by atoms with van der Waals surface area (Å²) in [7, 11) is 0. The van der Waals surface area contributed by atoms with Crippen LogP contribution in [0.4, 0.5) is 0 Å². The number of hydrogen-bond acceptors (Lipinski definition) is 10. The second-order valence-corrected chi connectivity index (χ2v) is 12.8. The zero-order valence-electron chi connectivity index (χ0n) is 25.3. The minimum Gasteiger partial charge on any atom is -0.462 e. The summed E-state index contributed by atoms with van der Waals surface area (Å²) in [5.74, 6) is 0.494. The Morgan fingerprint density at radius 1 is 0.976 bits per heavy atom. The van der Waals surface area contributed by atoms with Crippen molar-refractivity contribution in [2.75, 3.05) is 26.4 Å². The lowest BCUT2D eigenvalue weighted by Crippen LogP contribution is -2.50. The van der Waals surface area contributed by atoms with Crippen LogP contribution in [0.3, 0.4) is 0 Å². The monoisotopic (exact) mass is 584 g/mol. The maximum Gasteiger partial charge on any atom is 0.302 e. The quantitative estimate of drug-likeness (QED) is 0.204. The molecule has 1 heterocycles. The normalized spacial score (nSPS) is 34.6. The van der Waals surface area contributed by atoms with Gasteiger partial charge in [-0.1, -0.05) is 19.3 Å². The highest BCUT2D eigenvalue weighted by Crippen LogP contribution is 2.43. The van der Waals surface area contributed by atoms with Crippen LogP contribution in [0.15, 0.2) is 0 Å². The van der Waals surface area contributed by atoms with Crippen LogP contribution in [0, 0.1) is 29.6 Å². The molecule has 3 rings (SSSR count). The van der Waals surface area contributed by atoms with E-state index in [2.05, 4.69) is 5.32 Å². The third-order valence-corrected chi connectivity index (χ3v) is 9.70. The second-order valence-electron chi connectivity index (χ2n) is 12.8. The number of esters is 2. The number of carbonyl (C=O) groups is 2. The fourth-order valence-corrected chi connectivity index (χ4v) is 7.77. The predicted octanol–water partition coefficient (Wildman–Crippen LogP) is 2.65. The number of piperidine rings is 1. The lowest BCUT2D eigenvalue weighted by atomic mass is 9.66. The molecule has 0 aromatic carbocycles. The molecule has 1 saturated heterocycles. The van der Waals surface area contributed by atoms with E-state index < -0.39 is 12.2 Å². The molecular weight excluding hydrogens is 528 g/mol. The molecule has 10 nitrogen and oxygen atoms in total. The van der Waals surface area contributed by atoms with Gasteiger partial charge in [-0.25, -0.2) is 0 Å². The minimum atomic E-state index is -0.592. The highest BCUT2D eigenvalue weighted by atomic mass is 16.6. The smallest absolute Gasteiger partial charge is 0.302 e. The molecule has 2 aliphatic carbocycles. The highest BCUT2D eigenvalue weighted by molar-refractivity contribution is 5.66. The maximum atomic E-state index is 12.2. The molecule has 0 aromatic rings. The van der Waals surface area contributed by atoms with E-state index in [-0.39, 0.29) is 73.8 Å². The van der Waals surface area contributed by atoms with Crippen LogP contribution in [0.25, 0.3) is 0 Å². The second kappa shape index (κ2) is 17.7. The van der Waals surface area contributed by atoms with Crippen LogP contribution in [0.5, 0.6) is 0 Å². The first kappa shape index (κ1) is 34.2. The van der Waals surface area contributed by atoms with Crippen LogP contribution in [-0.4, -0.2) is 84.2 Å². The summed E-state index contributed by atoms with van der Waals surface area (Å²) in [6, 6.07) is 0. The zero-order valence-corrected chi connectivity index (χ0v) is 25.3. The van der Waals surface area contributed by atoms with Crippen molar-refractivity contribution in [3.63, 3.8) is 0 Å². The van der Waals surface area contributed by atoms with E-state index >= 15 is 0 Å². The van der Waals surface area contributed by atoms with Gasteiger partial charge >= 0.3 is 11.9 Å². The number of hydrogen-bond donors (Lipinski definition) is 5. The van der Waals surface area contributed by atoms with Crippen molar-refractivity contribution in [3.05, 3.63) is 0 Å². The van der Waals surface area contributed by atoms with E-state index in [0.29, 0.717) is 31.6 Å². The molecule has 238 valence electrons.